The van der Waals surface area contributed by atoms with Gasteiger partial charge in [-0.3, -0.25) is 18.8 Å². The lowest BCUT2D eigenvalue weighted by atomic mass is 10.0. The van der Waals surface area contributed by atoms with Gasteiger partial charge in [-0.05, 0) is 49.6 Å². The Morgan fingerprint density at radius 3 is 2.66 bits per heavy atom. The molecule has 2 aromatic carbocycles. The lowest BCUT2D eigenvalue weighted by molar-refractivity contribution is 0.0939. The summed E-state index contributed by atoms with van der Waals surface area (Å²) in [5.41, 5.74) is 3.14. The number of nitrogens with zero attached hydrogens (tertiary/aromatic N) is 6. The van der Waals surface area contributed by atoms with Crippen LogP contribution in [0.3, 0.4) is 0 Å². The van der Waals surface area contributed by atoms with Gasteiger partial charge in [0.1, 0.15) is 5.56 Å². The third kappa shape index (κ3) is 5.59. The number of para-hydroxylation sites is 1. The van der Waals surface area contributed by atoms with Crippen LogP contribution in [0.4, 0.5) is 0 Å². The van der Waals surface area contributed by atoms with E-state index >= 15 is 0 Å². The van der Waals surface area contributed by atoms with E-state index in [9.17, 15) is 18.0 Å². The summed E-state index contributed by atoms with van der Waals surface area (Å²) in [7, 11) is -3.77. The van der Waals surface area contributed by atoms with Crippen LogP contribution >= 0.6 is 0 Å². The van der Waals surface area contributed by atoms with Crippen LogP contribution in [-0.4, -0.2) is 43.3 Å². The lowest BCUT2D eigenvalue weighted by Gasteiger charge is -2.21. The predicted octanol–water partition coefficient (Wildman–Crippen LogP) is 2.68. The fourth-order valence-electron chi connectivity index (χ4n) is 5.08. The zero-order valence-corrected chi connectivity index (χ0v) is 24.5. The average Bonchev–Trinajstić information content (AvgIpc) is 3.57. The number of pyridine rings is 1. The molecule has 0 aliphatic carbocycles. The number of amides is 1. The molecule has 4 aromatic heterocycles. The maximum atomic E-state index is 14.3. The number of nitrogens with two attached hydrogens (primary N) is 1. The van der Waals surface area contributed by atoms with Gasteiger partial charge in [0.25, 0.3) is 11.5 Å². The molecule has 0 aliphatic rings. The third-order valence-electron chi connectivity index (χ3n) is 6.97. The summed E-state index contributed by atoms with van der Waals surface area (Å²) in [4.78, 5) is 32.1. The minimum absolute atomic E-state index is 0.312. The molecule has 1 atom stereocenters. The lowest BCUT2D eigenvalue weighted by Crippen LogP contribution is -2.32. The van der Waals surface area contributed by atoms with Gasteiger partial charge in [0.2, 0.25) is 10.0 Å². The molecule has 4 heterocycles. The van der Waals surface area contributed by atoms with E-state index in [2.05, 4.69) is 32.3 Å². The van der Waals surface area contributed by atoms with Gasteiger partial charge < -0.3 is 5.32 Å². The molecule has 6 aromatic rings. The molecule has 0 spiro atoms. The van der Waals surface area contributed by atoms with Gasteiger partial charge in [-0.2, -0.15) is 10.2 Å². The van der Waals surface area contributed by atoms with Crippen LogP contribution in [0.2, 0.25) is 0 Å². The van der Waals surface area contributed by atoms with Crippen LogP contribution in [-0.2, 0) is 15.9 Å². The Balaban J connectivity index is 1.43. The zero-order chi connectivity index (χ0) is 31.0. The van der Waals surface area contributed by atoms with E-state index in [4.69, 9.17) is 5.14 Å². The summed E-state index contributed by atoms with van der Waals surface area (Å²) in [6.45, 7) is 3.56. The number of carbonyl (C=O) groups is 1. The number of primary sulfonamides is 1. The maximum Gasteiger partial charge on any atom is 0.264 e. The summed E-state index contributed by atoms with van der Waals surface area (Å²) >= 11 is 0. The quantitative estimate of drug-likeness (QED) is 0.276. The minimum Gasteiger partial charge on any atom is -0.344 e. The normalized spacial score (nSPS) is 12.2. The Morgan fingerprint density at radius 1 is 1.09 bits per heavy atom. The molecular formula is C31H26N8O4S. The van der Waals surface area contributed by atoms with E-state index in [-0.39, 0.29) is 11.5 Å². The molecular weight excluding hydrogens is 580 g/mol. The van der Waals surface area contributed by atoms with Gasteiger partial charge in [-0.25, -0.2) is 23.1 Å². The molecule has 1 unspecified atom stereocenters. The van der Waals surface area contributed by atoms with Crippen LogP contribution < -0.4 is 16.0 Å². The smallest absolute Gasteiger partial charge is 0.264 e. The molecule has 44 heavy (non-hydrogen) atoms. The van der Waals surface area contributed by atoms with E-state index in [1.54, 1.807) is 46.6 Å². The molecule has 220 valence electrons. The Hall–Kier alpha value is -5.58. The molecule has 13 heteroatoms. The second-order valence-corrected chi connectivity index (χ2v) is 11.8. The van der Waals surface area contributed by atoms with Crippen molar-refractivity contribution in [1.29, 1.82) is 0 Å². The number of nitrogens with one attached hydrogen (secondary N) is 1. The fraction of sp³-hybridized carbons (Fsp3) is 0.129. The summed E-state index contributed by atoms with van der Waals surface area (Å²) in [5, 5.41) is 17.5. The van der Waals surface area contributed by atoms with Gasteiger partial charge in [-0.1, -0.05) is 42.2 Å². The van der Waals surface area contributed by atoms with Crippen molar-refractivity contribution >= 4 is 32.4 Å². The Kier molecular flexibility index (Phi) is 7.30. The van der Waals surface area contributed by atoms with Crippen molar-refractivity contribution in [2.45, 2.75) is 25.8 Å². The highest BCUT2D eigenvalue weighted by atomic mass is 32.2. The minimum atomic E-state index is -3.77. The van der Waals surface area contributed by atoms with Crippen LogP contribution in [0.1, 0.15) is 45.8 Å². The summed E-state index contributed by atoms with van der Waals surface area (Å²) < 4.78 is 27.1. The number of aryl methyl sites for hydroxylation is 1. The summed E-state index contributed by atoms with van der Waals surface area (Å²) in [5.74, 6) is 5.16. The van der Waals surface area contributed by atoms with Crippen molar-refractivity contribution in [1.82, 2.24) is 34.3 Å². The number of carbonyl (C=O) groups excluding carboxylic acids is 1. The maximum absolute atomic E-state index is 14.3. The second-order valence-electron chi connectivity index (χ2n) is 10.2. The first kappa shape index (κ1) is 28.5. The number of rotatable bonds is 6. The average molecular weight is 607 g/mol. The first-order chi connectivity index (χ1) is 21.1. The number of aromatic nitrogens is 6. The molecule has 0 bridgehead atoms. The molecule has 0 saturated carbocycles. The van der Waals surface area contributed by atoms with Crippen LogP contribution in [0.5, 0.6) is 0 Å². The molecule has 0 radical (unpaired) electrons. The van der Waals surface area contributed by atoms with Crippen molar-refractivity contribution in [3.8, 4) is 17.5 Å². The molecule has 1 amide bonds. The first-order valence-electron chi connectivity index (χ1n) is 13.5. The molecule has 0 saturated heterocycles. The van der Waals surface area contributed by atoms with Gasteiger partial charge in [-0.15, -0.1) is 0 Å². The highest BCUT2D eigenvalue weighted by molar-refractivity contribution is 7.88. The van der Waals surface area contributed by atoms with Crippen LogP contribution in [0.15, 0.2) is 90.2 Å². The van der Waals surface area contributed by atoms with Crippen molar-refractivity contribution in [3.05, 3.63) is 124 Å². The first-order valence-corrected chi connectivity index (χ1v) is 15.2. The molecule has 6 rings (SSSR count). The van der Waals surface area contributed by atoms with Crippen molar-refractivity contribution in [2.24, 2.45) is 5.14 Å². The molecule has 3 N–H and O–H groups in total. The van der Waals surface area contributed by atoms with E-state index in [1.165, 1.54) is 17.1 Å². The number of fused-ring (bicyclic) bond motifs is 2. The van der Waals surface area contributed by atoms with Gasteiger partial charge >= 0.3 is 0 Å². The topological polar surface area (TPSA) is 159 Å². The number of sulfonamides is 1. The number of benzene rings is 2. The molecule has 0 fully saturated rings. The van der Waals surface area contributed by atoms with E-state index in [0.29, 0.717) is 50.2 Å². The monoisotopic (exact) mass is 606 g/mol. The third-order valence-corrected chi connectivity index (χ3v) is 7.59. The van der Waals surface area contributed by atoms with Gasteiger partial charge in [0.15, 0.2) is 11.5 Å². The van der Waals surface area contributed by atoms with Crippen molar-refractivity contribution in [2.75, 3.05) is 0 Å². The van der Waals surface area contributed by atoms with Gasteiger partial charge in [0, 0.05) is 35.5 Å². The fourth-order valence-corrected chi connectivity index (χ4v) is 5.59. The number of hydrogen-bond acceptors (Lipinski definition) is 7. The van der Waals surface area contributed by atoms with E-state index < -0.39 is 21.9 Å². The molecule has 12 nitrogen and oxygen atoms in total. The Labute approximate surface area is 251 Å². The second kappa shape index (κ2) is 11.3. The van der Waals surface area contributed by atoms with E-state index in [1.807, 2.05) is 49.4 Å². The Morgan fingerprint density at radius 2 is 1.89 bits per heavy atom. The molecule has 0 aliphatic heterocycles. The van der Waals surface area contributed by atoms with Crippen molar-refractivity contribution < 1.29 is 13.2 Å². The van der Waals surface area contributed by atoms with Crippen LogP contribution in [0.25, 0.3) is 22.1 Å². The predicted molar refractivity (Wildman–Crippen MR) is 164 cm³/mol. The van der Waals surface area contributed by atoms with Crippen molar-refractivity contribution in [3.63, 3.8) is 0 Å². The van der Waals surface area contributed by atoms with Crippen LogP contribution in [0, 0.1) is 18.8 Å². The number of hydrogen-bond donors (Lipinski definition) is 2. The summed E-state index contributed by atoms with van der Waals surface area (Å²) in [6, 6.07) is 17.5. The van der Waals surface area contributed by atoms with Gasteiger partial charge in [0.05, 0.1) is 28.9 Å². The standard InChI is InChI=1S/C31H26N8O4S/c1-20(35-30(40)27-21(2)36-38-15-7-14-33-29(27)38)26-16-24-9-6-8-23(13-12-22-17-34-37(18-22)19-44(32,42)43)28(24)31(41)39(26)25-10-4-3-5-11-25/h3-11,14-18,20H,19H2,1-2H3,(H,35,40)(H2,32,42,43). The highest BCUT2D eigenvalue weighted by Gasteiger charge is 2.23. The SMILES string of the molecule is Cc1nn2cccnc2c1C(=O)NC(C)c1cc2cccc(C#Cc3cnn(CS(N)(=O)=O)c3)c2c(=O)n1-c1ccccc1. The zero-order valence-electron chi connectivity index (χ0n) is 23.7. The van der Waals surface area contributed by atoms with E-state index in [0.717, 1.165) is 0 Å². The highest BCUT2D eigenvalue weighted by Crippen LogP contribution is 2.24. The largest absolute Gasteiger partial charge is 0.344 e. The Bertz CT molecular complexity index is 2290. The summed E-state index contributed by atoms with van der Waals surface area (Å²) in [6.07, 6.45) is 6.22.